The van der Waals surface area contributed by atoms with Crippen molar-refractivity contribution in [3.8, 4) is 0 Å². The smallest absolute Gasteiger partial charge is 0.258 e. The Balaban J connectivity index is 1.73. The molecule has 2 aromatic carbocycles. The molecule has 0 fully saturated rings. The highest BCUT2D eigenvalue weighted by Gasteiger charge is 2.11. The van der Waals surface area contributed by atoms with E-state index < -0.39 is 0 Å². The monoisotopic (exact) mass is 372 g/mol. The number of halogens is 2. The minimum atomic E-state index is -0.327. The Hall–Kier alpha value is -2.63. The highest BCUT2D eigenvalue weighted by Crippen LogP contribution is 2.25. The molecule has 5 nitrogen and oxygen atoms in total. The van der Waals surface area contributed by atoms with Crippen LogP contribution in [0.25, 0.3) is 0 Å². The Bertz CT molecular complexity index is 885. The van der Waals surface area contributed by atoms with Gasteiger partial charge in [0.2, 0.25) is 5.95 Å². The van der Waals surface area contributed by atoms with Crippen LogP contribution in [0.4, 0.5) is 17.3 Å². The van der Waals surface area contributed by atoms with Crippen LogP contribution in [0.3, 0.4) is 0 Å². The Morgan fingerprint density at radius 3 is 2.32 bits per heavy atom. The van der Waals surface area contributed by atoms with E-state index in [1.54, 1.807) is 18.2 Å². The van der Waals surface area contributed by atoms with Crippen LogP contribution in [0.2, 0.25) is 10.0 Å². The zero-order valence-corrected chi connectivity index (χ0v) is 14.8. The van der Waals surface area contributed by atoms with E-state index in [1.165, 1.54) is 12.4 Å². The molecule has 1 N–H and O–H groups in total. The molecule has 1 amide bonds. The Morgan fingerprint density at radius 2 is 1.68 bits per heavy atom. The van der Waals surface area contributed by atoms with Crippen LogP contribution >= 0.6 is 23.2 Å². The second-order valence-corrected chi connectivity index (χ2v) is 6.06. The van der Waals surface area contributed by atoms with E-state index in [-0.39, 0.29) is 5.91 Å². The predicted molar refractivity (Wildman–Crippen MR) is 101 cm³/mol. The summed E-state index contributed by atoms with van der Waals surface area (Å²) in [5.74, 6) is 0.171. The van der Waals surface area contributed by atoms with Gasteiger partial charge in [0.05, 0.1) is 15.6 Å². The number of aromatic nitrogens is 2. The van der Waals surface area contributed by atoms with Gasteiger partial charge >= 0.3 is 0 Å². The number of carbonyl (C=O) groups is 1. The van der Waals surface area contributed by atoms with Crippen LogP contribution in [0.1, 0.15) is 10.4 Å². The fraction of sp³-hybridized carbons (Fsp3) is 0.0556. The summed E-state index contributed by atoms with van der Waals surface area (Å²) in [5, 5.41) is 3.53. The van der Waals surface area contributed by atoms with Gasteiger partial charge in [0.15, 0.2) is 0 Å². The molecule has 0 saturated carbocycles. The SMILES string of the molecule is CN(c1ccccc1)c1ncc(C(=O)Nc2ccc(Cl)c(Cl)c2)cn1. The van der Waals surface area contributed by atoms with Crippen LogP contribution in [0.5, 0.6) is 0 Å². The van der Waals surface area contributed by atoms with Crippen LogP contribution < -0.4 is 10.2 Å². The van der Waals surface area contributed by atoms with Crippen LogP contribution in [-0.4, -0.2) is 22.9 Å². The molecule has 0 bridgehead atoms. The van der Waals surface area contributed by atoms with Gasteiger partial charge in [-0.3, -0.25) is 4.79 Å². The number of rotatable bonds is 4. The highest BCUT2D eigenvalue weighted by molar-refractivity contribution is 6.42. The first-order valence-electron chi connectivity index (χ1n) is 7.42. The number of anilines is 3. The topological polar surface area (TPSA) is 58.1 Å². The van der Waals surface area contributed by atoms with Crippen molar-refractivity contribution < 1.29 is 4.79 Å². The maximum absolute atomic E-state index is 12.3. The molecular weight excluding hydrogens is 359 g/mol. The zero-order chi connectivity index (χ0) is 17.8. The Morgan fingerprint density at radius 1 is 1.00 bits per heavy atom. The molecule has 0 saturated heterocycles. The third-order valence-electron chi connectivity index (χ3n) is 3.52. The lowest BCUT2D eigenvalue weighted by Gasteiger charge is -2.16. The van der Waals surface area contributed by atoms with Gasteiger partial charge in [-0.2, -0.15) is 0 Å². The van der Waals surface area contributed by atoms with Gasteiger partial charge in [0.1, 0.15) is 0 Å². The lowest BCUT2D eigenvalue weighted by Crippen LogP contribution is -2.16. The molecule has 3 aromatic rings. The third-order valence-corrected chi connectivity index (χ3v) is 4.26. The molecule has 0 unspecified atom stereocenters. The van der Waals surface area contributed by atoms with E-state index in [1.807, 2.05) is 42.3 Å². The largest absolute Gasteiger partial charge is 0.322 e. The van der Waals surface area contributed by atoms with Crippen molar-refractivity contribution in [3.05, 3.63) is 76.5 Å². The van der Waals surface area contributed by atoms with Crippen molar-refractivity contribution in [2.45, 2.75) is 0 Å². The first-order valence-corrected chi connectivity index (χ1v) is 8.17. The number of nitrogens with one attached hydrogen (secondary N) is 1. The Labute approximate surface area is 155 Å². The number of carbonyl (C=O) groups excluding carboxylic acids is 1. The molecule has 0 aliphatic carbocycles. The van der Waals surface area contributed by atoms with Crippen LogP contribution in [0, 0.1) is 0 Å². The first kappa shape index (κ1) is 17.2. The summed E-state index contributed by atoms with van der Waals surface area (Å²) in [5.41, 5.74) is 1.84. The molecule has 126 valence electrons. The van der Waals surface area contributed by atoms with Gasteiger partial charge < -0.3 is 10.2 Å². The average molecular weight is 373 g/mol. The molecule has 3 rings (SSSR count). The molecule has 0 radical (unpaired) electrons. The summed E-state index contributed by atoms with van der Waals surface area (Å²) in [6.07, 6.45) is 2.96. The molecule has 1 aromatic heterocycles. The normalized spacial score (nSPS) is 10.4. The third kappa shape index (κ3) is 4.07. The molecule has 7 heteroatoms. The molecule has 1 heterocycles. The average Bonchev–Trinajstić information content (AvgIpc) is 2.65. The molecule has 0 aliphatic heterocycles. The molecule has 25 heavy (non-hydrogen) atoms. The summed E-state index contributed by atoms with van der Waals surface area (Å²) in [7, 11) is 1.86. The predicted octanol–water partition coefficient (Wildman–Crippen LogP) is 4.80. The van der Waals surface area contributed by atoms with E-state index in [4.69, 9.17) is 23.2 Å². The summed E-state index contributed by atoms with van der Waals surface area (Å²) in [6.45, 7) is 0. The van der Waals surface area contributed by atoms with Crippen LogP contribution in [-0.2, 0) is 0 Å². The lowest BCUT2D eigenvalue weighted by atomic mass is 10.2. The number of nitrogens with zero attached hydrogens (tertiary/aromatic N) is 3. The number of hydrogen-bond donors (Lipinski definition) is 1. The maximum atomic E-state index is 12.3. The van der Waals surface area contributed by atoms with Gasteiger partial charge in [0, 0.05) is 30.8 Å². The van der Waals surface area contributed by atoms with Crippen molar-refractivity contribution in [2.75, 3.05) is 17.3 Å². The summed E-state index contributed by atoms with van der Waals surface area (Å²) in [6, 6.07) is 14.6. The first-order chi connectivity index (χ1) is 12.0. The second-order valence-electron chi connectivity index (χ2n) is 5.25. The van der Waals surface area contributed by atoms with Gasteiger partial charge in [-0.05, 0) is 30.3 Å². The van der Waals surface area contributed by atoms with Gasteiger partial charge in [-0.1, -0.05) is 41.4 Å². The van der Waals surface area contributed by atoms with Crippen molar-refractivity contribution in [1.29, 1.82) is 0 Å². The maximum Gasteiger partial charge on any atom is 0.258 e. The van der Waals surface area contributed by atoms with E-state index in [9.17, 15) is 4.79 Å². The molecule has 0 spiro atoms. The van der Waals surface area contributed by atoms with Gasteiger partial charge in [-0.25, -0.2) is 9.97 Å². The van der Waals surface area contributed by atoms with Crippen molar-refractivity contribution in [1.82, 2.24) is 9.97 Å². The number of hydrogen-bond acceptors (Lipinski definition) is 4. The van der Waals surface area contributed by atoms with Gasteiger partial charge in [0.25, 0.3) is 5.91 Å². The summed E-state index contributed by atoms with van der Waals surface area (Å²) in [4.78, 5) is 22.6. The van der Waals surface area contributed by atoms with E-state index in [2.05, 4.69) is 15.3 Å². The number of para-hydroxylation sites is 1. The number of benzene rings is 2. The lowest BCUT2D eigenvalue weighted by molar-refractivity contribution is 0.102. The standard InChI is InChI=1S/C18H14Cl2N4O/c1-24(14-5-3-2-4-6-14)18-21-10-12(11-22-18)17(25)23-13-7-8-15(19)16(20)9-13/h2-11H,1H3,(H,23,25). The number of amides is 1. The quantitative estimate of drug-likeness (QED) is 0.714. The molecular formula is C18H14Cl2N4O. The van der Waals surface area contributed by atoms with E-state index >= 15 is 0 Å². The molecule has 0 atom stereocenters. The van der Waals surface area contributed by atoms with Crippen molar-refractivity contribution in [3.63, 3.8) is 0 Å². The van der Waals surface area contributed by atoms with E-state index in [0.717, 1.165) is 5.69 Å². The highest BCUT2D eigenvalue weighted by atomic mass is 35.5. The Kier molecular flexibility index (Phi) is 5.16. The summed E-state index contributed by atoms with van der Waals surface area (Å²) >= 11 is 11.8. The van der Waals surface area contributed by atoms with Crippen molar-refractivity contribution >= 4 is 46.4 Å². The van der Waals surface area contributed by atoms with Crippen molar-refractivity contribution in [2.24, 2.45) is 0 Å². The zero-order valence-electron chi connectivity index (χ0n) is 13.3. The fourth-order valence-electron chi connectivity index (χ4n) is 2.16. The van der Waals surface area contributed by atoms with Gasteiger partial charge in [-0.15, -0.1) is 0 Å². The fourth-order valence-corrected chi connectivity index (χ4v) is 2.45. The summed E-state index contributed by atoms with van der Waals surface area (Å²) < 4.78 is 0. The van der Waals surface area contributed by atoms with E-state index in [0.29, 0.717) is 27.2 Å². The minimum absolute atomic E-state index is 0.327. The second kappa shape index (κ2) is 7.51. The van der Waals surface area contributed by atoms with Crippen LogP contribution in [0.15, 0.2) is 60.9 Å². The minimum Gasteiger partial charge on any atom is -0.322 e. The molecule has 0 aliphatic rings.